The van der Waals surface area contributed by atoms with Gasteiger partial charge in [0.25, 0.3) is 5.91 Å². The Morgan fingerprint density at radius 2 is 1.69 bits per heavy atom. The van der Waals surface area contributed by atoms with Crippen molar-refractivity contribution >= 4 is 35.0 Å². The summed E-state index contributed by atoms with van der Waals surface area (Å²) in [5.74, 6) is -0.312. The van der Waals surface area contributed by atoms with Gasteiger partial charge in [-0.1, -0.05) is 72.8 Å². The van der Waals surface area contributed by atoms with Crippen LogP contribution in [0.25, 0.3) is 0 Å². The fourth-order valence-electron chi connectivity index (χ4n) is 5.28. The van der Waals surface area contributed by atoms with E-state index in [-0.39, 0.29) is 24.4 Å². The zero-order valence-electron chi connectivity index (χ0n) is 22.5. The number of carbonyl (C=O) groups excluding carboxylic acids is 2. The molecule has 4 rings (SSSR count). The number of hydrogen-bond acceptors (Lipinski definition) is 3. The molecule has 39 heavy (non-hydrogen) atoms. The van der Waals surface area contributed by atoms with E-state index < -0.39 is 0 Å². The minimum atomic E-state index is -0.264. The zero-order valence-corrected chi connectivity index (χ0v) is 24.0. The molecular formula is C31H37Cl2N3O3. The second-order valence-electron chi connectivity index (χ2n) is 10.2. The van der Waals surface area contributed by atoms with Crippen LogP contribution in [0.5, 0.6) is 0 Å². The van der Waals surface area contributed by atoms with Crippen LogP contribution in [0.3, 0.4) is 0 Å². The number of halogens is 2. The van der Waals surface area contributed by atoms with Crippen LogP contribution < -0.4 is 0 Å². The third-order valence-electron chi connectivity index (χ3n) is 7.29. The number of ether oxygens (including phenoxy) is 1. The van der Waals surface area contributed by atoms with Crippen molar-refractivity contribution < 1.29 is 14.3 Å². The molecule has 1 aromatic heterocycles. The number of rotatable bonds is 12. The van der Waals surface area contributed by atoms with E-state index in [0.717, 1.165) is 37.9 Å². The fourth-order valence-corrected chi connectivity index (χ4v) is 5.81. The van der Waals surface area contributed by atoms with Crippen molar-refractivity contribution in [3.05, 3.63) is 93.7 Å². The Morgan fingerprint density at radius 3 is 2.38 bits per heavy atom. The van der Waals surface area contributed by atoms with Crippen LogP contribution in [-0.2, 0) is 22.6 Å². The van der Waals surface area contributed by atoms with Crippen LogP contribution >= 0.6 is 23.2 Å². The Balaban J connectivity index is 1.56. The number of aromatic nitrogens is 1. The highest BCUT2D eigenvalue weighted by molar-refractivity contribution is 6.35. The van der Waals surface area contributed by atoms with E-state index >= 15 is 0 Å². The van der Waals surface area contributed by atoms with Crippen molar-refractivity contribution in [2.45, 2.75) is 57.7 Å². The van der Waals surface area contributed by atoms with Gasteiger partial charge in [-0.15, -0.1) is 0 Å². The van der Waals surface area contributed by atoms with Gasteiger partial charge in [-0.3, -0.25) is 9.59 Å². The van der Waals surface area contributed by atoms with E-state index in [1.807, 2.05) is 29.2 Å². The summed E-state index contributed by atoms with van der Waals surface area (Å²) in [6.07, 6.45) is 8.05. The highest BCUT2D eigenvalue weighted by Crippen LogP contribution is 2.26. The van der Waals surface area contributed by atoms with Crippen LogP contribution in [0.15, 0.2) is 66.9 Å². The Bertz CT molecular complexity index is 1200. The SMILES string of the molecule is COCCCN(CC(=O)N(Cc1cccn1Cc1ccccc1)C1CCCCC1)C(=O)c1cc(Cl)cc(Cl)c1. The van der Waals surface area contributed by atoms with Gasteiger partial charge in [0.2, 0.25) is 5.91 Å². The maximum atomic E-state index is 14.0. The summed E-state index contributed by atoms with van der Waals surface area (Å²) in [7, 11) is 1.63. The number of nitrogens with zero attached hydrogens (tertiary/aromatic N) is 3. The van der Waals surface area contributed by atoms with Crippen LogP contribution in [0.2, 0.25) is 10.0 Å². The molecule has 0 radical (unpaired) electrons. The Morgan fingerprint density at radius 1 is 0.974 bits per heavy atom. The van der Waals surface area contributed by atoms with E-state index in [9.17, 15) is 9.59 Å². The Hall–Kier alpha value is -2.80. The van der Waals surface area contributed by atoms with Crippen LogP contribution in [0, 0.1) is 0 Å². The lowest BCUT2D eigenvalue weighted by atomic mass is 9.94. The molecule has 0 spiro atoms. The van der Waals surface area contributed by atoms with Gasteiger partial charge >= 0.3 is 0 Å². The number of carbonyl (C=O) groups is 2. The van der Waals surface area contributed by atoms with Gasteiger partial charge in [-0.25, -0.2) is 0 Å². The van der Waals surface area contributed by atoms with Gasteiger partial charge in [0.1, 0.15) is 6.54 Å². The molecule has 0 aliphatic heterocycles. The first-order chi connectivity index (χ1) is 18.9. The number of methoxy groups -OCH3 is 1. The molecule has 0 atom stereocenters. The van der Waals surface area contributed by atoms with Gasteiger partial charge in [0.15, 0.2) is 0 Å². The van der Waals surface area contributed by atoms with Crippen LogP contribution in [-0.4, -0.2) is 59.0 Å². The van der Waals surface area contributed by atoms with E-state index in [2.05, 4.69) is 29.0 Å². The lowest BCUT2D eigenvalue weighted by molar-refractivity contribution is -0.135. The second kappa shape index (κ2) is 14.5. The second-order valence-corrected chi connectivity index (χ2v) is 11.0. The Kier molecular flexibility index (Phi) is 10.9. The molecule has 2 aromatic carbocycles. The fraction of sp³-hybridized carbons (Fsp3) is 0.419. The highest BCUT2D eigenvalue weighted by Gasteiger charge is 2.29. The van der Waals surface area contributed by atoms with E-state index in [1.165, 1.54) is 12.0 Å². The van der Waals surface area contributed by atoms with Crippen molar-refractivity contribution in [2.75, 3.05) is 26.8 Å². The first-order valence-corrected chi connectivity index (χ1v) is 14.4. The summed E-state index contributed by atoms with van der Waals surface area (Å²) in [5.41, 5.74) is 2.66. The molecule has 8 heteroatoms. The van der Waals surface area contributed by atoms with Crippen LogP contribution in [0.4, 0.5) is 0 Å². The van der Waals surface area contributed by atoms with Crippen molar-refractivity contribution in [1.29, 1.82) is 0 Å². The van der Waals surface area contributed by atoms with Crippen molar-refractivity contribution in [3.8, 4) is 0 Å². The highest BCUT2D eigenvalue weighted by atomic mass is 35.5. The lowest BCUT2D eigenvalue weighted by Gasteiger charge is -2.36. The predicted molar refractivity (Wildman–Crippen MR) is 156 cm³/mol. The molecule has 6 nitrogen and oxygen atoms in total. The quantitative estimate of drug-likeness (QED) is 0.228. The van der Waals surface area contributed by atoms with E-state index in [0.29, 0.717) is 41.7 Å². The largest absolute Gasteiger partial charge is 0.385 e. The molecule has 0 N–H and O–H groups in total. The lowest BCUT2D eigenvalue weighted by Crippen LogP contribution is -2.48. The van der Waals surface area contributed by atoms with Crippen LogP contribution in [0.1, 0.15) is 60.1 Å². The Labute approximate surface area is 241 Å². The summed E-state index contributed by atoms with van der Waals surface area (Å²) in [4.78, 5) is 31.1. The third-order valence-corrected chi connectivity index (χ3v) is 7.72. The normalized spacial score (nSPS) is 13.8. The number of amides is 2. The monoisotopic (exact) mass is 569 g/mol. The minimum Gasteiger partial charge on any atom is -0.385 e. The molecule has 0 saturated heterocycles. The summed E-state index contributed by atoms with van der Waals surface area (Å²) in [6, 6.07) is 19.4. The maximum absolute atomic E-state index is 14.0. The molecule has 3 aromatic rings. The number of hydrogen-bond donors (Lipinski definition) is 0. The van der Waals surface area contributed by atoms with Gasteiger partial charge < -0.3 is 19.1 Å². The topological polar surface area (TPSA) is 54.8 Å². The molecule has 1 aliphatic carbocycles. The van der Waals surface area contributed by atoms with Crippen molar-refractivity contribution in [3.63, 3.8) is 0 Å². The van der Waals surface area contributed by atoms with Crippen molar-refractivity contribution in [2.24, 2.45) is 0 Å². The zero-order chi connectivity index (χ0) is 27.6. The summed E-state index contributed by atoms with van der Waals surface area (Å²) < 4.78 is 7.42. The first kappa shape index (κ1) is 29.2. The summed E-state index contributed by atoms with van der Waals surface area (Å²) >= 11 is 12.4. The predicted octanol–water partition coefficient (Wildman–Crippen LogP) is 6.68. The van der Waals surface area contributed by atoms with E-state index in [4.69, 9.17) is 27.9 Å². The standard InChI is InChI=1S/C31H37Cl2N3O3/c1-39-17-9-16-35(31(38)25-18-26(32)20-27(33)19-25)23-30(37)36(28-12-6-3-7-13-28)22-29-14-8-15-34(29)21-24-10-4-2-5-11-24/h2,4-5,8,10-11,14-15,18-20,28H,3,6-7,9,12-13,16-17,21-23H2,1H3. The third kappa shape index (κ3) is 8.34. The molecule has 1 heterocycles. The first-order valence-electron chi connectivity index (χ1n) is 13.7. The van der Waals surface area contributed by atoms with Gasteiger partial charge in [0, 0.05) is 60.3 Å². The van der Waals surface area contributed by atoms with Gasteiger partial charge in [-0.05, 0) is 55.2 Å². The summed E-state index contributed by atoms with van der Waals surface area (Å²) in [5, 5.41) is 0.772. The summed E-state index contributed by atoms with van der Waals surface area (Å²) in [6.45, 7) is 2.13. The molecular weight excluding hydrogens is 533 g/mol. The average Bonchev–Trinajstić information content (AvgIpc) is 3.37. The molecule has 0 unspecified atom stereocenters. The molecule has 1 fully saturated rings. The van der Waals surface area contributed by atoms with Gasteiger partial charge in [0.05, 0.1) is 6.54 Å². The van der Waals surface area contributed by atoms with E-state index in [1.54, 1.807) is 30.2 Å². The maximum Gasteiger partial charge on any atom is 0.254 e. The average molecular weight is 571 g/mol. The minimum absolute atomic E-state index is 0.0113. The smallest absolute Gasteiger partial charge is 0.254 e. The molecule has 1 aliphatic rings. The number of benzene rings is 2. The molecule has 208 valence electrons. The molecule has 2 amide bonds. The van der Waals surface area contributed by atoms with Gasteiger partial charge in [-0.2, -0.15) is 0 Å². The van der Waals surface area contributed by atoms with Crippen molar-refractivity contribution in [1.82, 2.24) is 14.4 Å². The molecule has 0 bridgehead atoms. The molecule has 1 saturated carbocycles.